The van der Waals surface area contributed by atoms with Gasteiger partial charge in [0.15, 0.2) is 11.5 Å². The van der Waals surface area contributed by atoms with Gasteiger partial charge in [0.1, 0.15) is 5.52 Å². The molecule has 1 aromatic heterocycles. The molecule has 1 atom stereocenters. The van der Waals surface area contributed by atoms with E-state index in [0.717, 1.165) is 17.6 Å². The van der Waals surface area contributed by atoms with E-state index in [2.05, 4.69) is 41.6 Å². The van der Waals surface area contributed by atoms with Crippen LogP contribution in [-0.2, 0) is 0 Å². The van der Waals surface area contributed by atoms with E-state index in [1.54, 1.807) is 0 Å². The molecule has 2 rings (SSSR count). The van der Waals surface area contributed by atoms with Crippen LogP contribution in [0.3, 0.4) is 0 Å². The number of hydrogen-bond acceptors (Lipinski definition) is 4. The van der Waals surface area contributed by atoms with Crippen molar-refractivity contribution < 1.29 is 4.42 Å². The summed E-state index contributed by atoms with van der Waals surface area (Å²) in [5.41, 5.74) is 2.99. The first kappa shape index (κ1) is 13.1. The lowest BCUT2D eigenvalue weighted by molar-refractivity contribution is 0.490. The lowest BCUT2D eigenvalue weighted by Gasteiger charge is -2.18. The maximum absolute atomic E-state index is 5.57. The van der Waals surface area contributed by atoms with E-state index in [9.17, 15) is 0 Å². The summed E-state index contributed by atoms with van der Waals surface area (Å²) >= 11 is 0. The number of aryl methyl sites for hydroxylation is 1. The molecule has 0 saturated carbocycles. The first-order valence-electron chi connectivity index (χ1n) is 6.38. The molecule has 0 radical (unpaired) electrons. The maximum Gasteiger partial charge on any atom is 0.192 e. The average molecular weight is 247 g/mol. The number of benzene rings is 1. The highest BCUT2D eigenvalue weighted by Gasteiger charge is 2.11. The summed E-state index contributed by atoms with van der Waals surface area (Å²) in [5, 5.41) is 6.76. The van der Waals surface area contributed by atoms with Crippen molar-refractivity contribution in [2.75, 3.05) is 13.6 Å². The van der Waals surface area contributed by atoms with Crippen molar-refractivity contribution in [3.63, 3.8) is 0 Å². The summed E-state index contributed by atoms with van der Waals surface area (Å²) in [7, 11) is 1.97. The number of rotatable bonds is 5. The third kappa shape index (κ3) is 2.89. The molecular weight excluding hydrogens is 226 g/mol. The van der Waals surface area contributed by atoms with Crippen molar-refractivity contribution in [3.8, 4) is 0 Å². The largest absolute Gasteiger partial charge is 0.441 e. The molecule has 0 aliphatic carbocycles. The molecule has 4 heteroatoms. The van der Waals surface area contributed by atoms with Crippen LogP contribution in [0.4, 0.5) is 0 Å². The minimum Gasteiger partial charge on any atom is -0.441 e. The van der Waals surface area contributed by atoms with Crippen LogP contribution in [0.25, 0.3) is 11.1 Å². The first-order valence-corrected chi connectivity index (χ1v) is 6.38. The maximum atomic E-state index is 5.57. The lowest BCUT2D eigenvalue weighted by atomic mass is 10.1. The van der Waals surface area contributed by atoms with Crippen molar-refractivity contribution in [2.45, 2.75) is 32.9 Å². The van der Waals surface area contributed by atoms with Crippen LogP contribution in [0, 0.1) is 6.92 Å². The highest BCUT2D eigenvalue weighted by molar-refractivity contribution is 5.73. The van der Waals surface area contributed by atoms with Crippen molar-refractivity contribution in [2.24, 2.45) is 0 Å². The quantitative estimate of drug-likeness (QED) is 0.852. The highest BCUT2D eigenvalue weighted by atomic mass is 16.3. The second-order valence-electron chi connectivity index (χ2n) is 4.86. The van der Waals surface area contributed by atoms with Gasteiger partial charge in [-0.1, -0.05) is 19.9 Å². The van der Waals surface area contributed by atoms with Crippen molar-refractivity contribution in [1.29, 1.82) is 0 Å². The van der Waals surface area contributed by atoms with Gasteiger partial charge >= 0.3 is 0 Å². The van der Waals surface area contributed by atoms with Crippen molar-refractivity contribution >= 4 is 11.1 Å². The van der Waals surface area contributed by atoms with E-state index >= 15 is 0 Å². The van der Waals surface area contributed by atoms with Crippen LogP contribution in [0.2, 0.25) is 0 Å². The molecule has 1 unspecified atom stereocenters. The van der Waals surface area contributed by atoms with Crippen LogP contribution in [0.1, 0.15) is 31.3 Å². The zero-order valence-corrected chi connectivity index (χ0v) is 11.4. The normalized spacial score (nSPS) is 13.4. The predicted octanol–water partition coefficient (Wildman–Crippen LogP) is 2.39. The third-order valence-electron chi connectivity index (χ3n) is 3.00. The lowest BCUT2D eigenvalue weighted by Crippen LogP contribution is -2.33. The van der Waals surface area contributed by atoms with Crippen molar-refractivity contribution in [3.05, 3.63) is 29.7 Å². The Morgan fingerprint density at radius 1 is 1.33 bits per heavy atom. The molecule has 0 aliphatic rings. The fourth-order valence-corrected chi connectivity index (χ4v) is 2.01. The summed E-state index contributed by atoms with van der Waals surface area (Å²) in [4.78, 5) is 4.31. The minimum atomic E-state index is 0.280. The minimum absolute atomic E-state index is 0.280. The predicted molar refractivity (Wildman–Crippen MR) is 73.7 cm³/mol. The molecule has 2 aromatic rings. The Bertz CT molecular complexity index is 519. The molecule has 98 valence electrons. The summed E-state index contributed by atoms with van der Waals surface area (Å²) in [6, 6.07) is 6.95. The van der Waals surface area contributed by atoms with Crippen LogP contribution < -0.4 is 10.6 Å². The topological polar surface area (TPSA) is 50.1 Å². The van der Waals surface area contributed by atoms with E-state index in [0.29, 0.717) is 11.9 Å². The van der Waals surface area contributed by atoms with E-state index in [1.165, 1.54) is 5.56 Å². The molecule has 0 saturated heterocycles. The molecule has 1 heterocycles. The Labute approximate surface area is 108 Å². The van der Waals surface area contributed by atoms with Gasteiger partial charge in [-0.05, 0) is 24.7 Å². The van der Waals surface area contributed by atoms with E-state index < -0.39 is 0 Å². The Morgan fingerprint density at radius 3 is 2.78 bits per heavy atom. The van der Waals surface area contributed by atoms with Crippen LogP contribution in [0.5, 0.6) is 0 Å². The standard InChI is InChI=1S/C14H21N3O/c1-9(2)16-8-13(15-4)11-5-6-12-14(7-11)18-10(3)17-12/h5-7,9,13,15-16H,8H2,1-4H3. The van der Waals surface area contributed by atoms with Gasteiger partial charge in [-0.2, -0.15) is 0 Å². The molecule has 0 spiro atoms. The number of nitrogens with zero attached hydrogens (tertiary/aromatic N) is 1. The zero-order valence-electron chi connectivity index (χ0n) is 11.4. The van der Waals surface area contributed by atoms with E-state index in [4.69, 9.17) is 4.42 Å². The molecule has 2 N–H and O–H groups in total. The number of aromatic nitrogens is 1. The highest BCUT2D eigenvalue weighted by Crippen LogP contribution is 2.20. The summed E-state index contributed by atoms with van der Waals surface area (Å²) in [6.45, 7) is 7.06. The van der Waals surface area contributed by atoms with Crippen LogP contribution in [0.15, 0.2) is 22.6 Å². The molecular formula is C14H21N3O. The second-order valence-corrected chi connectivity index (χ2v) is 4.86. The van der Waals surface area contributed by atoms with Crippen molar-refractivity contribution in [1.82, 2.24) is 15.6 Å². The molecule has 1 aromatic carbocycles. The number of oxazole rings is 1. The van der Waals surface area contributed by atoms with Gasteiger partial charge in [0.2, 0.25) is 0 Å². The SMILES string of the molecule is CNC(CNC(C)C)c1ccc2nc(C)oc2c1. The number of nitrogens with one attached hydrogen (secondary N) is 2. The fourth-order valence-electron chi connectivity index (χ4n) is 2.01. The Morgan fingerprint density at radius 2 is 2.11 bits per heavy atom. The molecule has 4 nitrogen and oxygen atoms in total. The second kappa shape index (κ2) is 5.50. The molecule has 0 amide bonds. The van der Waals surface area contributed by atoms with Gasteiger partial charge in [0.25, 0.3) is 0 Å². The average Bonchev–Trinajstić information content (AvgIpc) is 2.68. The van der Waals surface area contributed by atoms with Gasteiger partial charge in [-0.3, -0.25) is 0 Å². The third-order valence-corrected chi connectivity index (χ3v) is 3.00. The van der Waals surface area contributed by atoms with Gasteiger partial charge in [-0.15, -0.1) is 0 Å². The molecule has 0 bridgehead atoms. The molecule has 0 aliphatic heterocycles. The number of likely N-dealkylation sites (N-methyl/N-ethyl adjacent to an activating group) is 1. The van der Waals surface area contributed by atoms with Crippen LogP contribution in [-0.4, -0.2) is 24.6 Å². The van der Waals surface area contributed by atoms with Gasteiger partial charge < -0.3 is 15.1 Å². The van der Waals surface area contributed by atoms with Gasteiger partial charge in [0.05, 0.1) is 0 Å². The first-order chi connectivity index (χ1) is 8.60. The molecule has 18 heavy (non-hydrogen) atoms. The molecule has 0 fully saturated rings. The van der Waals surface area contributed by atoms with Gasteiger partial charge in [0, 0.05) is 25.6 Å². The van der Waals surface area contributed by atoms with E-state index in [1.807, 2.05) is 20.0 Å². The summed E-state index contributed by atoms with van der Waals surface area (Å²) in [6.07, 6.45) is 0. The zero-order chi connectivity index (χ0) is 13.1. The number of hydrogen-bond donors (Lipinski definition) is 2. The Kier molecular flexibility index (Phi) is 3.99. The summed E-state index contributed by atoms with van der Waals surface area (Å²) < 4.78 is 5.57. The fraction of sp³-hybridized carbons (Fsp3) is 0.500. The van der Waals surface area contributed by atoms with Gasteiger partial charge in [-0.25, -0.2) is 4.98 Å². The Balaban J connectivity index is 2.21. The smallest absolute Gasteiger partial charge is 0.192 e. The Hall–Kier alpha value is -1.39. The van der Waals surface area contributed by atoms with Crippen LogP contribution >= 0.6 is 0 Å². The summed E-state index contributed by atoms with van der Waals surface area (Å²) in [5.74, 6) is 0.712. The monoisotopic (exact) mass is 247 g/mol. The van der Waals surface area contributed by atoms with E-state index in [-0.39, 0.29) is 6.04 Å². The number of fused-ring (bicyclic) bond motifs is 1.